The van der Waals surface area contributed by atoms with Gasteiger partial charge in [0, 0.05) is 18.8 Å². The zero-order chi connectivity index (χ0) is 12.4. The number of likely N-dealkylation sites (tertiary alicyclic amines) is 1. The minimum atomic E-state index is -0.456. The Labute approximate surface area is 99.6 Å². The second kappa shape index (κ2) is 4.79. The van der Waals surface area contributed by atoms with E-state index in [1.807, 2.05) is 0 Å². The molecule has 0 spiro atoms. The van der Waals surface area contributed by atoms with E-state index in [1.165, 1.54) is 6.07 Å². The summed E-state index contributed by atoms with van der Waals surface area (Å²) in [5, 5.41) is 0. The maximum Gasteiger partial charge on any atom is 0.221 e. The van der Waals surface area contributed by atoms with Crippen molar-refractivity contribution in [1.29, 1.82) is 0 Å². The molecule has 1 atom stereocenters. The lowest BCUT2D eigenvalue weighted by molar-refractivity contribution is -0.121. The molecule has 0 unspecified atom stereocenters. The topological polar surface area (TPSA) is 59.2 Å². The third-order valence-electron chi connectivity index (χ3n) is 3.23. The van der Waals surface area contributed by atoms with E-state index < -0.39 is 5.95 Å². The summed E-state index contributed by atoms with van der Waals surface area (Å²) in [6.07, 6.45) is 0.809. The Bertz CT molecular complexity index is 436. The van der Waals surface area contributed by atoms with Gasteiger partial charge in [0.2, 0.25) is 11.9 Å². The van der Waals surface area contributed by atoms with Crippen LogP contribution in [-0.4, -0.2) is 28.9 Å². The number of hydrogen-bond donors (Lipinski definition) is 1. The van der Waals surface area contributed by atoms with E-state index in [4.69, 9.17) is 5.73 Å². The van der Waals surface area contributed by atoms with Gasteiger partial charge in [0.15, 0.2) is 0 Å². The zero-order valence-corrected chi connectivity index (χ0v) is 9.82. The minimum Gasteiger partial charge on any atom is -0.369 e. The molecule has 1 aromatic heterocycles. The highest BCUT2D eigenvalue weighted by Crippen LogP contribution is 2.19. The van der Waals surface area contributed by atoms with Crippen LogP contribution >= 0.6 is 0 Å². The van der Waals surface area contributed by atoms with Gasteiger partial charge in [-0.3, -0.25) is 9.69 Å². The van der Waals surface area contributed by atoms with Crippen molar-refractivity contribution >= 4 is 5.91 Å². The highest BCUT2D eigenvalue weighted by molar-refractivity contribution is 5.77. The fourth-order valence-corrected chi connectivity index (χ4v) is 2.18. The van der Waals surface area contributed by atoms with Gasteiger partial charge in [-0.25, -0.2) is 4.98 Å². The number of aromatic nitrogens is 1. The van der Waals surface area contributed by atoms with Gasteiger partial charge < -0.3 is 5.73 Å². The first-order valence-corrected chi connectivity index (χ1v) is 5.70. The van der Waals surface area contributed by atoms with E-state index in [2.05, 4.69) is 9.88 Å². The summed E-state index contributed by atoms with van der Waals surface area (Å²) in [6.45, 7) is 4.03. The van der Waals surface area contributed by atoms with Crippen molar-refractivity contribution < 1.29 is 9.18 Å². The molecule has 0 aromatic carbocycles. The molecule has 5 heteroatoms. The Morgan fingerprint density at radius 1 is 1.65 bits per heavy atom. The molecular weight excluding hydrogens is 221 g/mol. The molecule has 2 heterocycles. The lowest BCUT2D eigenvalue weighted by Gasteiger charge is -2.16. The molecule has 0 saturated carbocycles. The van der Waals surface area contributed by atoms with Crippen LogP contribution in [0.5, 0.6) is 0 Å². The number of carbonyl (C=O) groups excluding carboxylic acids is 1. The predicted molar refractivity (Wildman–Crippen MR) is 61.5 cm³/mol. The van der Waals surface area contributed by atoms with Gasteiger partial charge in [-0.1, -0.05) is 6.07 Å². The highest BCUT2D eigenvalue weighted by atomic mass is 19.1. The molecule has 17 heavy (non-hydrogen) atoms. The average Bonchev–Trinajstić information content (AvgIpc) is 2.71. The third-order valence-corrected chi connectivity index (χ3v) is 3.23. The molecule has 1 amide bonds. The van der Waals surface area contributed by atoms with Gasteiger partial charge in [0.05, 0.1) is 5.92 Å². The number of rotatable bonds is 3. The van der Waals surface area contributed by atoms with Gasteiger partial charge in [-0.05, 0) is 31.5 Å². The second-order valence-electron chi connectivity index (χ2n) is 4.50. The predicted octanol–water partition coefficient (Wildman–Crippen LogP) is 0.836. The van der Waals surface area contributed by atoms with Crippen molar-refractivity contribution in [2.24, 2.45) is 11.7 Å². The minimum absolute atomic E-state index is 0.0521. The molecule has 92 valence electrons. The van der Waals surface area contributed by atoms with E-state index in [0.717, 1.165) is 18.5 Å². The van der Waals surface area contributed by atoms with Gasteiger partial charge in [-0.2, -0.15) is 4.39 Å². The van der Waals surface area contributed by atoms with Crippen LogP contribution in [0.3, 0.4) is 0 Å². The third kappa shape index (κ3) is 2.79. The van der Waals surface area contributed by atoms with E-state index in [1.54, 1.807) is 13.0 Å². The molecule has 0 bridgehead atoms. The number of nitrogens with two attached hydrogens (primary N) is 1. The Kier molecular flexibility index (Phi) is 3.38. The molecule has 1 fully saturated rings. The first kappa shape index (κ1) is 12.0. The van der Waals surface area contributed by atoms with Crippen LogP contribution < -0.4 is 5.73 Å². The van der Waals surface area contributed by atoms with E-state index in [9.17, 15) is 9.18 Å². The van der Waals surface area contributed by atoms with Crippen LogP contribution in [0.4, 0.5) is 4.39 Å². The van der Waals surface area contributed by atoms with Gasteiger partial charge >= 0.3 is 0 Å². The van der Waals surface area contributed by atoms with Crippen molar-refractivity contribution in [3.8, 4) is 0 Å². The summed E-state index contributed by atoms with van der Waals surface area (Å²) >= 11 is 0. The van der Waals surface area contributed by atoms with E-state index in [-0.39, 0.29) is 11.8 Å². The molecule has 1 aliphatic heterocycles. The molecule has 0 aliphatic carbocycles. The lowest BCUT2D eigenvalue weighted by Crippen LogP contribution is -2.27. The van der Waals surface area contributed by atoms with Crippen LogP contribution in [0, 0.1) is 18.8 Å². The van der Waals surface area contributed by atoms with Crippen molar-refractivity contribution in [2.45, 2.75) is 19.9 Å². The van der Waals surface area contributed by atoms with Crippen LogP contribution in [0.25, 0.3) is 0 Å². The number of halogens is 1. The van der Waals surface area contributed by atoms with E-state index >= 15 is 0 Å². The van der Waals surface area contributed by atoms with Crippen molar-refractivity contribution in [2.75, 3.05) is 13.1 Å². The molecule has 2 N–H and O–H groups in total. The first-order chi connectivity index (χ1) is 8.06. The Balaban J connectivity index is 2.00. The van der Waals surface area contributed by atoms with Gasteiger partial charge in [-0.15, -0.1) is 0 Å². The van der Waals surface area contributed by atoms with Crippen LogP contribution in [0.2, 0.25) is 0 Å². The number of hydrogen-bond acceptors (Lipinski definition) is 3. The number of carbonyl (C=O) groups is 1. The van der Waals surface area contributed by atoms with Crippen molar-refractivity contribution in [3.63, 3.8) is 0 Å². The smallest absolute Gasteiger partial charge is 0.221 e. The van der Waals surface area contributed by atoms with Crippen LogP contribution in [-0.2, 0) is 11.3 Å². The molecule has 1 aliphatic rings. The molecule has 0 radical (unpaired) electrons. The average molecular weight is 237 g/mol. The summed E-state index contributed by atoms with van der Waals surface area (Å²) in [6, 6.07) is 3.11. The number of aryl methyl sites for hydroxylation is 1. The van der Waals surface area contributed by atoms with Crippen molar-refractivity contribution in [3.05, 3.63) is 29.3 Å². The second-order valence-corrected chi connectivity index (χ2v) is 4.50. The fourth-order valence-electron chi connectivity index (χ4n) is 2.18. The summed E-state index contributed by atoms with van der Waals surface area (Å²) < 4.78 is 12.8. The van der Waals surface area contributed by atoms with E-state index in [0.29, 0.717) is 18.8 Å². The Morgan fingerprint density at radius 2 is 2.41 bits per heavy atom. The van der Waals surface area contributed by atoms with Crippen molar-refractivity contribution in [1.82, 2.24) is 9.88 Å². The number of primary amides is 1. The fraction of sp³-hybridized carbons (Fsp3) is 0.500. The molecule has 2 rings (SSSR count). The molecule has 1 saturated heterocycles. The maximum atomic E-state index is 12.8. The van der Waals surface area contributed by atoms with Gasteiger partial charge in [0.25, 0.3) is 0 Å². The standard InChI is InChI=1S/C12H16FN3O/c1-8-9(2-3-11(13)15-8)6-16-5-4-10(7-16)12(14)17/h2-3,10H,4-7H2,1H3,(H2,14,17)/t10-/m0/s1. The summed E-state index contributed by atoms with van der Waals surface area (Å²) in [4.78, 5) is 17.0. The molecule has 4 nitrogen and oxygen atoms in total. The number of pyridine rings is 1. The number of nitrogens with zero attached hydrogens (tertiary/aromatic N) is 2. The highest BCUT2D eigenvalue weighted by Gasteiger charge is 2.26. The quantitative estimate of drug-likeness (QED) is 0.792. The molecule has 1 aromatic rings. The number of amides is 1. The lowest BCUT2D eigenvalue weighted by atomic mass is 10.1. The van der Waals surface area contributed by atoms with Crippen LogP contribution in [0.15, 0.2) is 12.1 Å². The molecular formula is C12H16FN3O. The normalized spacial score (nSPS) is 20.7. The van der Waals surface area contributed by atoms with Crippen LogP contribution in [0.1, 0.15) is 17.7 Å². The monoisotopic (exact) mass is 237 g/mol. The SMILES string of the molecule is Cc1nc(F)ccc1CN1CC[C@H](C(N)=O)C1. The maximum absolute atomic E-state index is 12.8. The largest absolute Gasteiger partial charge is 0.369 e. The summed E-state index contributed by atoms with van der Waals surface area (Å²) in [5.41, 5.74) is 6.97. The van der Waals surface area contributed by atoms with Gasteiger partial charge in [0.1, 0.15) is 0 Å². The summed E-state index contributed by atoms with van der Waals surface area (Å²) in [5.74, 6) is -0.743. The zero-order valence-electron chi connectivity index (χ0n) is 9.82. The summed E-state index contributed by atoms with van der Waals surface area (Å²) in [7, 11) is 0. The first-order valence-electron chi connectivity index (χ1n) is 5.70. The Morgan fingerprint density at radius 3 is 3.00 bits per heavy atom. The Hall–Kier alpha value is -1.49.